The predicted octanol–water partition coefficient (Wildman–Crippen LogP) is 1.69. The van der Waals surface area contributed by atoms with Crippen molar-refractivity contribution in [3.63, 3.8) is 0 Å². The summed E-state index contributed by atoms with van der Waals surface area (Å²) in [5.74, 6) is -0.246. The van der Waals surface area contributed by atoms with E-state index in [0.29, 0.717) is 24.9 Å². The lowest BCUT2D eigenvalue weighted by atomic mass is 10.1. The van der Waals surface area contributed by atoms with Gasteiger partial charge in [0.25, 0.3) is 5.91 Å². The van der Waals surface area contributed by atoms with Gasteiger partial charge in [0.05, 0.1) is 5.56 Å². The highest BCUT2D eigenvalue weighted by Gasteiger charge is 2.16. The summed E-state index contributed by atoms with van der Waals surface area (Å²) in [6.07, 6.45) is 0.621. The van der Waals surface area contributed by atoms with Gasteiger partial charge in [-0.2, -0.15) is 0 Å². The molecule has 0 radical (unpaired) electrons. The molecule has 0 aromatic heterocycles. The first-order valence-corrected chi connectivity index (χ1v) is 5.21. The number of hydrogen-bond donors (Lipinski definition) is 1. The van der Waals surface area contributed by atoms with Crippen LogP contribution in [0.1, 0.15) is 34.6 Å². The number of hydrogen-bond acceptors (Lipinski definition) is 3. The minimum absolute atomic E-state index is 0.0129. The van der Waals surface area contributed by atoms with Crippen molar-refractivity contribution in [3.8, 4) is 5.75 Å². The van der Waals surface area contributed by atoms with Crippen molar-refractivity contribution in [3.05, 3.63) is 29.3 Å². The molecule has 86 valence electrons. The molecule has 16 heavy (non-hydrogen) atoms. The Bertz CT molecular complexity index is 397. The van der Waals surface area contributed by atoms with E-state index in [0.717, 1.165) is 0 Å². The van der Waals surface area contributed by atoms with Crippen LogP contribution >= 0.6 is 0 Å². The summed E-state index contributed by atoms with van der Waals surface area (Å²) in [6, 6.07) is 4.16. The van der Waals surface area contributed by atoms with Gasteiger partial charge in [-0.05, 0) is 32.0 Å². The Morgan fingerprint density at radius 3 is 2.50 bits per heavy atom. The third-order valence-electron chi connectivity index (χ3n) is 2.44. The Kier molecular flexibility index (Phi) is 4.05. The van der Waals surface area contributed by atoms with Crippen molar-refractivity contribution in [2.45, 2.75) is 13.8 Å². The summed E-state index contributed by atoms with van der Waals surface area (Å²) in [5.41, 5.74) is 0.549. The largest absolute Gasteiger partial charge is 0.508 e. The zero-order chi connectivity index (χ0) is 12.1. The first-order valence-electron chi connectivity index (χ1n) is 5.21. The zero-order valence-electron chi connectivity index (χ0n) is 9.43. The van der Waals surface area contributed by atoms with Gasteiger partial charge in [-0.15, -0.1) is 0 Å². The molecule has 4 nitrogen and oxygen atoms in total. The van der Waals surface area contributed by atoms with Crippen molar-refractivity contribution in [1.82, 2.24) is 4.90 Å². The highest BCUT2D eigenvalue weighted by molar-refractivity contribution is 6.01. The third kappa shape index (κ3) is 2.39. The third-order valence-corrected chi connectivity index (χ3v) is 2.44. The fraction of sp³-hybridized carbons (Fsp3) is 0.333. The van der Waals surface area contributed by atoms with Gasteiger partial charge in [-0.25, -0.2) is 0 Å². The lowest BCUT2D eigenvalue weighted by molar-refractivity contribution is 0.0769. The number of rotatable bonds is 4. The van der Waals surface area contributed by atoms with Crippen LogP contribution in [0, 0.1) is 0 Å². The molecular formula is C12H15NO3. The summed E-state index contributed by atoms with van der Waals surface area (Å²) >= 11 is 0. The molecule has 0 aliphatic rings. The van der Waals surface area contributed by atoms with Gasteiger partial charge in [0.15, 0.2) is 6.29 Å². The van der Waals surface area contributed by atoms with Crippen LogP contribution in [0.25, 0.3) is 0 Å². The smallest absolute Gasteiger partial charge is 0.254 e. The maximum Gasteiger partial charge on any atom is 0.254 e. The van der Waals surface area contributed by atoms with E-state index in [4.69, 9.17) is 0 Å². The molecule has 0 unspecified atom stereocenters. The van der Waals surface area contributed by atoms with Gasteiger partial charge in [-0.1, -0.05) is 0 Å². The van der Waals surface area contributed by atoms with Gasteiger partial charge in [0.2, 0.25) is 0 Å². The lowest BCUT2D eigenvalue weighted by Gasteiger charge is -2.19. The maximum atomic E-state index is 12.0. The van der Waals surface area contributed by atoms with Gasteiger partial charge < -0.3 is 10.0 Å². The summed E-state index contributed by atoms with van der Waals surface area (Å²) in [5, 5.41) is 9.32. The molecule has 1 aromatic carbocycles. The number of benzene rings is 1. The Hall–Kier alpha value is -1.84. The lowest BCUT2D eigenvalue weighted by Crippen LogP contribution is -2.31. The quantitative estimate of drug-likeness (QED) is 0.787. The minimum atomic E-state index is -0.233. The number of amides is 1. The monoisotopic (exact) mass is 221 g/mol. The number of phenols is 1. The highest BCUT2D eigenvalue weighted by atomic mass is 16.3. The van der Waals surface area contributed by atoms with E-state index in [1.165, 1.54) is 18.2 Å². The maximum absolute atomic E-state index is 12.0. The molecule has 0 saturated carbocycles. The molecule has 0 saturated heterocycles. The number of aromatic hydroxyl groups is 1. The Labute approximate surface area is 94.5 Å². The van der Waals surface area contributed by atoms with Crippen molar-refractivity contribution < 1.29 is 14.7 Å². The van der Waals surface area contributed by atoms with Crippen molar-refractivity contribution >= 4 is 12.2 Å². The van der Waals surface area contributed by atoms with Crippen LogP contribution in [-0.4, -0.2) is 35.3 Å². The average molecular weight is 221 g/mol. The van der Waals surface area contributed by atoms with Crippen LogP contribution in [0.3, 0.4) is 0 Å². The van der Waals surface area contributed by atoms with Gasteiger partial charge in [0.1, 0.15) is 5.75 Å². The Balaban J connectivity index is 3.15. The number of phenolic OH excluding ortho intramolecular Hbond substituents is 1. The van der Waals surface area contributed by atoms with Gasteiger partial charge in [-0.3, -0.25) is 9.59 Å². The average Bonchev–Trinajstić information content (AvgIpc) is 2.30. The van der Waals surface area contributed by atoms with E-state index in [2.05, 4.69) is 0 Å². The van der Waals surface area contributed by atoms with Crippen molar-refractivity contribution in [2.75, 3.05) is 13.1 Å². The first kappa shape index (κ1) is 12.2. The van der Waals surface area contributed by atoms with E-state index in [9.17, 15) is 14.7 Å². The van der Waals surface area contributed by atoms with Crippen LogP contribution < -0.4 is 0 Å². The summed E-state index contributed by atoms with van der Waals surface area (Å²) in [7, 11) is 0. The zero-order valence-corrected chi connectivity index (χ0v) is 9.43. The molecule has 1 aromatic rings. The fourth-order valence-corrected chi connectivity index (χ4v) is 1.51. The van der Waals surface area contributed by atoms with E-state index in [-0.39, 0.29) is 17.2 Å². The molecule has 0 aliphatic carbocycles. The van der Waals surface area contributed by atoms with Crippen LogP contribution in [0.15, 0.2) is 18.2 Å². The normalized spacial score (nSPS) is 9.88. The number of carbonyl (C=O) groups excluding carboxylic acids is 2. The standard InChI is InChI=1S/C12H15NO3/c1-3-13(4-2)12(16)11-7-10(15)6-5-9(11)8-14/h5-8,15H,3-4H2,1-2H3. The Morgan fingerprint density at radius 1 is 1.38 bits per heavy atom. The second-order valence-electron chi connectivity index (χ2n) is 3.37. The molecule has 1 rings (SSSR count). The van der Waals surface area contributed by atoms with Gasteiger partial charge in [0, 0.05) is 18.7 Å². The minimum Gasteiger partial charge on any atom is -0.508 e. The van der Waals surface area contributed by atoms with Crippen LogP contribution in [0.5, 0.6) is 5.75 Å². The fourth-order valence-electron chi connectivity index (χ4n) is 1.51. The summed E-state index contributed by atoms with van der Waals surface area (Å²) < 4.78 is 0. The molecule has 1 amide bonds. The molecule has 0 heterocycles. The molecule has 0 bridgehead atoms. The van der Waals surface area contributed by atoms with Crippen LogP contribution in [0.4, 0.5) is 0 Å². The van der Waals surface area contributed by atoms with Crippen LogP contribution in [-0.2, 0) is 0 Å². The number of aldehydes is 1. The summed E-state index contributed by atoms with van der Waals surface area (Å²) in [4.78, 5) is 24.4. The molecule has 0 spiro atoms. The highest BCUT2D eigenvalue weighted by Crippen LogP contribution is 2.17. The Morgan fingerprint density at radius 2 is 2.00 bits per heavy atom. The SMILES string of the molecule is CCN(CC)C(=O)c1cc(O)ccc1C=O. The molecular weight excluding hydrogens is 206 g/mol. The second-order valence-corrected chi connectivity index (χ2v) is 3.37. The van der Waals surface area contributed by atoms with E-state index < -0.39 is 0 Å². The van der Waals surface area contributed by atoms with Crippen molar-refractivity contribution in [2.24, 2.45) is 0 Å². The molecule has 0 atom stereocenters. The van der Waals surface area contributed by atoms with E-state index >= 15 is 0 Å². The molecule has 1 N–H and O–H groups in total. The van der Waals surface area contributed by atoms with E-state index in [1.807, 2.05) is 13.8 Å². The molecule has 4 heteroatoms. The predicted molar refractivity (Wildman–Crippen MR) is 60.7 cm³/mol. The van der Waals surface area contributed by atoms with Crippen molar-refractivity contribution in [1.29, 1.82) is 0 Å². The van der Waals surface area contributed by atoms with Crippen LogP contribution in [0.2, 0.25) is 0 Å². The summed E-state index contributed by atoms with van der Waals surface area (Å²) in [6.45, 7) is 4.88. The second kappa shape index (κ2) is 5.30. The number of carbonyl (C=O) groups is 2. The molecule has 0 aliphatic heterocycles. The first-order chi connectivity index (χ1) is 7.63. The van der Waals surface area contributed by atoms with Gasteiger partial charge >= 0.3 is 0 Å². The van der Waals surface area contributed by atoms with E-state index in [1.54, 1.807) is 4.90 Å². The topological polar surface area (TPSA) is 57.6 Å². The number of nitrogens with zero attached hydrogens (tertiary/aromatic N) is 1. The molecule has 0 fully saturated rings.